The molecule has 6 nitrogen and oxygen atoms in total. The third-order valence-electron chi connectivity index (χ3n) is 4.54. The van der Waals surface area contributed by atoms with Gasteiger partial charge in [-0.25, -0.2) is 4.79 Å². The maximum atomic E-state index is 12.7. The van der Waals surface area contributed by atoms with E-state index >= 15 is 0 Å². The quantitative estimate of drug-likeness (QED) is 0.422. The highest BCUT2D eigenvalue weighted by Gasteiger charge is 2.16. The first-order chi connectivity index (χ1) is 14.5. The number of benzene rings is 3. The lowest BCUT2D eigenvalue weighted by molar-refractivity contribution is 0.0696. The van der Waals surface area contributed by atoms with Gasteiger partial charge in [0.2, 0.25) is 0 Å². The summed E-state index contributed by atoms with van der Waals surface area (Å²) in [6, 6.07) is 20.7. The van der Waals surface area contributed by atoms with Crippen LogP contribution in [0.25, 0.3) is 10.8 Å². The second kappa shape index (κ2) is 8.18. The molecule has 4 aromatic rings. The lowest BCUT2D eigenvalue weighted by Gasteiger charge is -2.09. The SMILES string of the molecule is O=C(O)c1ccc(NC(=O)c2ccsc2NC(=O)c2ccc3ccccc3c2)cc1. The molecule has 1 aromatic heterocycles. The molecule has 0 atom stereocenters. The maximum Gasteiger partial charge on any atom is 0.335 e. The van der Waals surface area contributed by atoms with Crippen molar-refractivity contribution in [1.29, 1.82) is 0 Å². The molecule has 2 amide bonds. The molecule has 3 N–H and O–H groups in total. The fourth-order valence-corrected chi connectivity index (χ4v) is 3.76. The van der Waals surface area contributed by atoms with Crippen LogP contribution in [0.1, 0.15) is 31.1 Å². The van der Waals surface area contributed by atoms with Gasteiger partial charge in [0.1, 0.15) is 5.00 Å². The highest BCUT2D eigenvalue weighted by atomic mass is 32.1. The molecule has 0 aliphatic carbocycles. The zero-order valence-corrected chi connectivity index (χ0v) is 16.4. The molecule has 0 unspecified atom stereocenters. The Morgan fingerprint density at radius 2 is 1.43 bits per heavy atom. The van der Waals surface area contributed by atoms with Gasteiger partial charge in [-0.2, -0.15) is 0 Å². The number of fused-ring (bicyclic) bond motifs is 1. The molecular formula is C23H16N2O4S. The Kier molecular flexibility index (Phi) is 5.28. The summed E-state index contributed by atoms with van der Waals surface area (Å²) in [5, 5.41) is 18.6. The van der Waals surface area contributed by atoms with Crippen LogP contribution in [0.3, 0.4) is 0 Å². The summed E-state index contributed by atoms with van der Waals surface area (Å²) in [6.45, 7) is 0. The van der Waals surface area contributed by atoms with Gasteiger partial charge in [0.15, 0.2) is 0 Å². The van der Waals surface area contributed by atoms with Crippen molar-refractivity contribution < 1.29 is 19.5 Å². The summed E-state index contributed by atoms with van der Waals surface area (Å²) in [7, 11) is 0. The van der Waals surface area contributed by atoms with Crippen molar-refractivity contribution in [1.82, 2.24) is 0 Å². The molecule has 0 aliphatic rings. The fraction of sp³-hybridized carbons (Fsp3) is 0. The Bertz CT molecular complexity index is 1260. The van der Waals surface area contributed by atoms with Crippen molar-refractivity contribution in [2.24, 2.45) is 0 Å². The second-order valence-corrected chi connectivity index (χ2v) is 7.43. The van der Waals surface area contributed by atoms with Gasteiger partial charge in [0.25, 0.3) is 11.8 Å². The standard InChI is InChI=1S/C23H16N2O4S/c26-20(17-6-5-14-3-1-2-4-16(14)13-17)25-22-19(11-12-30-22)21(27)24-18-9-7-15(8-10-18)23(28)29/h1-13H,(H,24,27)(H,25,26)(H,28,29). The largest absolute Gasteiger partial charge is 0.478 e. The van der Waals surface area contributed by atoms with Crippen molar-refractivity contribution >= 4 is 50.6 Å². The van der Waals surface area contributed by atoms with Gasteiger partial charge in [-0.05, 0) is 58.6 Å². The molecule has 0 saturated heterocycles. The van der Waals surface area contributed by atoms with Gasteiger partial charge >= 0.3 is 5.97 Å². The molecule has 4 rings (SSSR count). The molecule has 0 spiro atoms. The predicted molar refractivity (Wildman–Crippen MR) is 118 cm³/mol. The van der Waals surface area contributed by atoms with Crippen molar-refractivity contribution in [3.05, 3.63) is 94.9 Å². The summed E-state index contributed by atoms with van der Waals surface area (Å²) in [5.41, 5.74) is 1.42. The number of hydrogen-bond acceptors (Lipinski definition) is 4. The van der Waals surface area contributed by atoms with E-state index in [-0.39, 0.29) is 11.5 Å². The van der Waals surface area contributed by atoms with E-state index in [0.29, 0.717) is 21.8 Å². The number of thiophene rings is 1. The summed E-state index contributed by atoms with van der Waals surface area (Å²) >= 11 is 1.25. The first-order valence-corrected chi connectivity index (χ1v) is 9.91. The third kappa shape index (κ3) is 4.06. The second-order valence-electron chi connectivity index (χ2n) is 6.52. The van der Waals surface area contributed by atoms with Crippen LogP contribution in [-0.4, -0.2) is 22.9 Å². The number of aromatic carboxylic acids is 1. The molecule has 7 heteroatoms. The van der Waals surface area contributed by atoms with Crippen molar-refractivity contribution in [2.45, 2.75) is 0 Å². The van der Waals surface area contributed by atoms with Gasteiger partial charge in [-0.3, -0.25) is 9.59 Å². The van der Waals surface area contributed by atoms with Crippen LogP contribution in [0.2, 0.25) is 0 Å². The van der Waals surface area contributed by atoms with Gasteiger partial charge in [-0.15, -0.1) is 11.3 Å². The number of nitrogens with one attached hydrogen (secondary N) is 2. The van der Waals surface area contributed by atoms with E-state index in [1.165, 1.54) is 35.6 Å². The Morgan fingerprint density at radius 1 is 0.733 bits per heavy atom. The fourth-order valence-electron chi connectivity index (χ4n) is 2.99. The van der Waals surface area contributed by atoms with E-state index in [1.807, 2.05) is 36.4 Å². The Balaban J connectivity index is 1.49. The molecule has 148 valence electrons. The summed E-state index contributed by atoms with van der Waals surface area (Å²) in [4.78, 5) is 36.3. The van der Waals surface area contributed by atoms with E-state index in [0.717, 1.165) is 10.8 Å². The molecule has 0 saturated carbocycles. The minimum absolute atomic E-state index is 0.131. The highest BCUT2D eigenvalue weighted by molar-refractivity contribution is 7.14. The summed E-state index contributed by atoms with van der Waals surface area (Å²) in [6.07, 6.45) is 0. The summed E-state index contributed by atoms with van der Waals surface area (Å²) < 4.78 is 0. The number of amides is 2. The van der Waals surface area contributed by atoms with Gasteiger partial charge in [0, 0.05) is 11.3 Å². The van der Waals surface area contributed by atoms with Gasteiger partial charge in [0.05, 0.1) is 11.1 Å². The zero-order valence-electron chi connectivity index (χ0n) is 15.6. The van der Waals surface area contributed by atoms with Crippen LogP contribution >= 0.6 is 11.3 Å². The Hall–Kier alpha value is -3.97. The topological polar surface area (TPSA) is 95.5 Å². The highest BCUT2D eigenvalue weighted by Crippen LogP contribution is 2.26. The summed E-state index contributed by atoms with van der Waals surface area (Å²) in [5.74, 6) is -1.74. The molecule has 0 bridgehead atoms. The molecule has 30 heavy (non-hydrogen) atoms. The van der Waals surface area contributed by atoms with Crippen LogP contribution in [0.15, 0.2) is 78.2 Å². The Morgan fingerprint density at radius 3 is 2.17 bits per heavy atom. The molecular weight excluding hydrogens is 400 g/mol. The molecule has 0 radical (unpaired) electrons. The number of carbonyl (C=O) groups is 3. The number of carboxylic acid groups (broad SMARTS) is 1. The lowest BCUT2D eigenvalue weighted by atomic mass is 10.1. The zero-order chi connectivity index (χ0) is 21.1. The number of anilines is 2. The van der Waals surface area contributed by atoms with E-state index in [4.69, 9.17) is 5.11 Å². The van der Waals surface area contributed by atoms with E-state index in [1.54, 1.807) is 17.5 Å². The lowest BCUT2D eigenvalue weighted by Crippen LogP contribution is -2.16. The average molecular weight is 416 g/mol. The molecule has 3 aromatic carbocycles. The normalized spacial score (nSPS) is 10.5. The van der Waals surface area contributed by atoms with Crippen LogP contribution in [-0.2, 0) is 0 Å². The third-order valence-corrected chi connectivity index (χ3v) is 5.37. The molecule has 0 aliphatic heterocycles. The smallest absolute Gasteiger partial charge is 0.335 e. The molecule has 1 heterocycles. The van der Waals surface area contributed by atoms with Crippen molar-refractivity contribution in [3.8, 4) is 0 Å². The average Bonchev–Trinajstić information content (AvgIpc) is 3.22. The minimum atomic E-state index is -1.04. The maximum absolute atomic E-state index is 12.7. The van der Waals surface area contributed by atoms with E-state index < -0.39 is 11.9 Å². The van der Waals surface area contributed by atoms with Crippen molar-refractivity contribution in [3.63, 3.8) is 0 Å². The van der Waals surface area contributed by atoms with Crippen LogP contribution < -0.4 is 10.6 Å². The van der Waals surface area contributed by atoms with E-state index in [2.05, 4.69) is 10.6 Å². The van der Waals surface area contributed by atoms with Crippen LogP contribution in [0.5, 0.6) is 0 Å². The number of rotatable bonds is 5. The van der Waals surface area contributed by atoms with E-state index in [9.17, 15) is 14.4 Å². The first-order valence-electron chi connectivity index (χ1n) is 9.03. The van der Waals surface area contributed by atoms with Gasteiger partial charge in [-0.1, -0.05) is 30.3 Å². The Labute approximate surface area is 175 Å². The molecule has 0 fully saturated rings. The van der Waals surface area contributed by atoms with Crippen molar-refractivity contribution in [2.75, 3.05) is 10.6 Å². The predicted octanol–water partition coefficient (Wildman–Crippen LogP) is 5.10. The van der Waals surface area contributed by atoms with Crippen LogP contribution in [0, 0.1) is 0 Å². The number of hydrogen-bond donors (Lipinski definition) is 3. The monoisotopic (exact) mass is 416 g/mol. The number of carbonyl (C=O) groups excluding carboxylic acids is 2. The minimum Gasteiger partial charge on any atom is -0.478 e. The number of carboxylic acids is 1. The van der Waals surface area contributed by atoms with Gasteiger partial charge < -0.3 is 15.7 Å². The van der Waals surface area contributed by atoms with Crippen LogP contribution in [0.4, 0.5) is 10.7 Å². The first kappa shape index (κ1) is 19.4.